The Labute approximate surface area is 124 Å². The van der Waals surface area contributed by atoms with Crippen molar-refractivity contribution in [2.75, 3.05) is 14.2 Å². The summed E-state index contributed by atoms with van der Waals surface area (Å²) in [6.45, 7) is 13.4. The summed E-state index contributed by atoms with van der Waals surface area (Å²) >= 11 is 0. The highest BCUT2D eigenvalue weighted by Gasteiger charge is 2.32. The van der Waals surface area contributed by atoms with Gasteiger partial charge in [-0.05, 0) is 29.0 Å². The number of hydrogen-bond acceptors (Lipinski definition) is 2. The average molecular weight is 277 g/mol. The lowest BCUT2D eigenvalue weighted by molar-refractivity contribution is -0.0101. The number of benzene rings is 1. The number of ether oxygens (including phenoxy) is 1. The van der Waals surface area contributed by atoms with E-state index in [-0.39, 0.29) is 23.0 Å². The summed E-state index contributed by atoms with van der Waals surface area (Å²) in [5.74, 6) is 0. The van der Waals surface area contributed by atoms with Crippen LogP contribution in [0.3, 0.4) is 0 Å². The quantitative estimate of drug-likeness (QED) is 0.885. The van der Waals surface area contributed by atoms with E-state index in [0.29, 0.717) is 0 Å². The first-order valence-electron chi connectivity index (χ1n) is 7.41. The van der Waals surface area contributed by atoms with Crippen LogP contribution < -0.4 is 5.32 Å². The van der Waals surface area contributed by atoms with E-state index in [1.54, 1.807) is 7.11 Å². The number of hydrogen-bond donors (Lipinski definition) is 1. The van der Waals surface area contributed by atoms with Gasteiger partial charge in [0.05, 0.1) is 12.1 Å². The summed E-state index contributed by atoms with van der Waals surface area (Å²) in [6, 6.07) is 9.11. The van der Waals surface area contributed by atoms with Gasteiger partial charge in [0, 0.05) is 7.11 Å². The molecule has 2 nitrogen and oxygen atoms in total. The molecule has 0 saturated carbocycles. The second kappa shape index (κ2) is 6.28. The van der Waals surface area contributed by atoms with E-state index in [0.717, 1.165) is 0 Å². The molecule has 0 amide bonds. The lowest BCUT2D eigenvalue weighted by atomic mass is 9.81. The van der Waals surface area contributed by atoms with Gasteiger partial charge in [0.15, 0.2) is 0 Å². The van der Waals surface area contributed by atoms with Gasteiger partial charge in [0.2, 0.25) is 0 Å². The Bertz CT molecular complexity index is 409. The van der Waals surface area contributed by atoms with Crippen LogP contribution in [-0.4, -0.2) is 20.3 Å². The number of rotatable bonds is 4. The van der Waals surface area contributed by atoms with Crippen molar-refractivity contribution in [1.29, 1.82) is 0 Å². The zero-order valence-electron chi connectivity index (χ0n) is 14.4. The van der Waals surface area contributed by atoms with E-state index in [4.69, 9.17) is 4.74 Å². The minimum Gasteiger partial charge on any atom is -0.379 e. The van der Waals surface area contributed by atoms with E-state index >= 15 is 0 Å². The minimum atomic E-state index is 0.0884. The molecule has 0 aromatic heterocycles. The standard InChI is InChI=1S/C18H31NO/c1-17(2,3)14-11-9-13(10-12-14)15(19-7)16(20-8)18(4,5)6/h9-12,15-16,19H,1-8H3. The third kappa shape index (κ3) is 4.07. The summed E-state index contributed by atoms with van der Waals surface area (Å²) in [5.41, 5.74) is 2.92. The molecule has 0 heterocycles. The smallest absolute Gasteiger partial charge is 0.0813 e. The number of nitrogens with one attached hydrogen (secondary N) is 1. The largest absolute Gasteiger partial charge is 0.379 e. The van der Waals surface area contributed by atoms with E-state index in [2.05, 4.69) is 71.1 Å². The first-order chi connectivity index (χ1) is 9.11. The first kappa shape index (κ1) is 17.2. The highest BCUT2D eigenvalue weighted by atomic mass is 16.5. The van der Waals surface area contributed by atoms with Crippen molar-refractivity contribution in [3.63, 3.8) is 0 Å². The number of methoxy groups -OCH3 is 1. The van der Waals surface area contributed by atoms with Crippen LogP contribution in [0.5, 0.6) is 0 Å². The minimum absolute atomic E-state index is 0.0884. The van der Waals surface area contributed by atoms with Crippen LogP contribution in [0.1, 0.15) is 58.7 Å². The summed E-state index contributed by atoms with van der Waals surface area (Å²) < 4.78 is 5.76. The number of likely N-dealkylation sites (N-methyl/N-ethyl adjacent to an activating group) is 1. The molecule has 0 aliphatic heterocycles. The average Bonchev–Trinajstić information content (AvgIpc) is 2.33. The molecule has 0 aliphatic carbocycles. The fourth-order valence-electron chi connectivity index (χ4n) is 2.67. The highest BCUT2D eigenvalue weighted by Crippen LogP contribution is 2.33. The normalized spacial score (nSPS) is 16.0. The predicted molar refractivity (Wildman–Crippen MR) is 87.2 cm³/mol. The molecule has 0 aliphatic rings. The molecule has 1 N–H and O–H groups in total. The molecule has 114 valence electrons. The summed E-state index contributed by atoms with van der Waals surface area (Å²) in [5, 5.41) is 3.41. The molecule has 1 aromatic carbocycles. The summed E-state index contributed by atoms with van der Waals surface area (Å²) in [7, 11) is 3.80. The van der Waals surface area contributed by atoms with Crippen LogP contribution in [-0.2, 0) is 10.2 Å². The van der Waals surface area contributed by atoms with Crippen LogP contribution >= 0.6 is 0 Å². The SMILES string of the molecule is CNC(c1ccc(C(C)(C)C)cc1)C(OC)C(C)(C)C. The fourth-order valence-corrected chi connectivity index (χ4v) is 2.67. The van der Waals surface area contributed by atoms with E-state index in [9.17, 15) is 0 Å². The Morgan fingerprint density at radius 1 is 0.950 bits per heavy atom. The molecule has 20 heavy (non-hydrogen) atoms. The van der Waals surface area contributed by atoms with Crippen molar-refractivity contribution in [1.82, 2.24) is 5.32 Å². The second-order valence-electron chi connectivity index (χ2n) is 7.66. The molecule has 0 bridgehead atoms. The van der Waals surface area contributed by atoms with Gasteiger partial charge in [-0.1, -0.05) is 65.8 Å². The highest BCUT2D eigenvalue weighted by molar-refractivity contribution is 5.30. The van der Waals surface area contributed by atoms with Crippen LogP contribution in [0.2, 0.25) is 0 Å². The van der Waals surface area contributed by atoms with Crippen LogP contribution in [0, 0.1) is 5.41 Å². The third-order valence-corrected chi connectivity index (χ3v) is 3.86. The molecule has 2 atom stereocenters. The molecule has 0 radical (unpaired) electrons. The Morgan fingerprint density at radius 3 is 1.75 bits per heavy atom. The van der Waals surface area contributed by atoms with Crippen molar-refractivity contribution in [2.24, 2.45) is 5.41 Å². The maximum Gasteiger partial charge on any atom is 0.0813 e. The van der Waals surface area contributed by atoms with Crippen molar-refractivity contribution in [2.45, 2.75) is 59.1 Å². The second-order valence-corrected chi connectivity index (χ2v) is 7.66. The molecular formula is C18H31NO. The topological polar surface area (TPSA) is 21.3 Å². The zero-order valence-corrected chi connectivity index (χ0v) is 14.4. The van der Waals surface area contributed by atoms with Crippen molar-refractivity contribution in [3.05, 3.63) is 35.4 Å². The lowest BCUT2D eigenvalue weighted by Crippen LogP contribution is -2.40. The van der Waals surface area contributed by atoms with Gasteiger partial charge >= 0.3 is 0 Å². The first-order valence-corrected chi connectivity index (χ1v) is 7.41. The molecule has 0 saturated heterocycles. The molecular weight excluding hydrogens is 246 g/mol. The molecule has 0 spiro atoms. The molecule has 1 rings (SSSR count). The molecule has 1 aromatic rings. The maximum absolute atomic E-state index is 5.76. The molecule has 2 heteroatoms. The van der Waals surface area contributed by atoms with Crippen molar-refractivity contribution in [3.8, 4) is 0 Å². The van der Waals surface area contributed by atoms with Gasteiger partial charge in [0.25, 0.3) is 0 Å². The Kier molecular flexibility index (Phi) is 5.39. The van der Waals surface area contributed by atoms with Gasteiger partial charge in [-0.3, -0.25) is 0 Å². The Hall–Kier alpha value is -0.860. The van der Waals surface area contributed by atoms with Gasteiger partial charge in [-0.15, -0.1) is 0 Å². The third-order valence-electron chi connectivity index (χ3n) is 3.86. The zero-order chi connectivity index (χ0) is 15.6. The van der Waals surface area contributed by atoms with Crippen LogP contribution in [0.25, 0.3) is 0 Å². The van der Waals surface area contributed by atoms with E-state index in [1.807, 2.05) is 7.05 Å². The Morgan fingerprint density at radius 2 is 1.45 bits per heavy atom. The van der Waals surface area contributed by atoms with Crippen LogP contribution in [0.15, 0.2) is 24.3 Å². The predicted octanol–water partition coefficient (Wildman–Crippen LogP) is 4.31. The van der Waals surface area contributed by atoms with Crippen molar-refractivity contribution < 1.29 is 4.74 Å². The van der Waals surface area contributed by atoms with Gasteiger partial charge in [-0.25, -0.2) is 0 Å². The van der Waals surface area contributed by atoms with E-state index in [1.165, 1.54) is 11.1 Å². The Balaban J connectivity index is 3.07. The monoisotopic (exact) mass is 277 g/mol. The molecule has 2 unspecified atom stereocenters. The summed E-state index contributed by atoms with van der Waals surface area (Å²) in [4.78, 5) is 0. The fraction of sp³-hybridized carbons (Fsp3) is 0.667. The van der Waals surface area contributed by atoms with Crippen molar-refractivity contribution >= 4 is 0 Å². The van der Waals surface area contributed by atoms with Gasteiger partial charge in [-0.2, -0.15) is 0 Å². The summed E-state index contributed by atoms with van der Waals surface area (Å²) in [6.07, 6.45) is 0.132. The van der Waals surface area contributed by atoms with E-state index < -0.39 is 0 Å². The van der Waals surface area contributed by atoms with Gasteiger partial charge in [0.1, 0.15) is 0 Å². The maximum atomic E-state index is 5.76. The van der Waals surface area contributed by atoms with Gasteiger partial charge < -0.3 is 10.1 Å². The lowest BCUT2D eigenvalue weighted by Gasteiger charge is -2.36. The van der Waals surface area contributed by atoms with Crippen LogP contribution in [0.4, 0.5) is 0 Å². The molecule has 0 fully saturated rings.